The molecular formula is C15H18S2. The third kappa shape index (κ3) is 3.62. The molecule has 1 aromatic heterocycles. The second-order valence-corrected chi connectivity index (χ2v) is 7.39. The fraction of sp³-hybridized carbons (Fsp3) is 0.333. The standard InChI is InChI=1S/C15H18S2/c1-15(2,3)13-8-6-12(7-9-13)11-17-14-5-4-10-16-14/h4-10H,11H2,1-3H3. The van der Waals surface area contributed by atoms with Gasteiger partial charge >= 0.3 is 0 Å². The van der Waals surface area contributed by atoms with Gasteiger partial charge in [0.2, 0.25) is 0 Å². The Labute approximate surface area is 112 Å². The van der Waals surface area contributed by atoms with Gasteiger partial charge < -0.3 is 0 Å². The van der Waals surface area contributed by atoms with Crippen LogP contribution in [0.25, 0.3) is 0 Å². The van der Waals surface area contributed by atoms with Crippen LogP contribution < -0.4 is 0 Å². The van der Waals surface area contributed by atoms with Gasteiger partial charge in [-0.2, -0.15) is 0 Å². The number of hydrogen-bond donors (Lipinski definition) is 0. The average molecular weight is 262 g/mol. The largest absolute Gasteiger partial charge is 0.137 e. The van der Waals surface area contributed by atoms with Gasteiger partial charge in [0, 0.05) is 5.75 Å². The highest BCUT2D eigenvalue weighted by atomic mass is 32.2. The minimum absolute atomic E-state index is 0.249. The number of hydrogen-bond acceptors (Lipinski definition) is 2. The first-order chi connectivity index (χ1) is 8.05. The van der Waals surface area contributed by atoms with E-state index in [1.807, 2.05) is 23.1 Å². The Morgan fingerprint density at radius 2 is 1.76 bits per heavy atom. The molecule has 0 fully saturated rings. The molecule has 17 heavy (non-hydrogen) atoms. The molecule has 0 spiro atoms. The Morgan fingerprint density at radius 3 is 2.29 bits per heavy atom. The summed E-state index contributed by atoms with van der Waals surface area (Å²) in [5.41, 5.74) is 3.05. The maximum absolute atomic E-state index is 2.25. The summed E-state index contributed by atoms with van der Waals surface area (Å²) in [6, 6.07) is 13.3. The molecule has 0 saturated heterocycles. The number of rotatable bonds is 3. The SMILES string of the molecule is CC(C)(C)c1ccc(CSc2cccs2)cc1. The molecule has 0 N–H and O–H groups in total. The van der Waals surface area contributed by atoms with Gasteiger partial charge in [0.1, 0.15) is 0 Å². The summed E-state index contributed by atoms with van der Waals surface area (Å²) in [5.74, 6) is 1.06. The van der Waals surface area contributed by atoms with Crippen LogP contribution in [0.5, 0.6) is 0 Å². The molecule has 0 saturated carbocycles. The van der Waals surface area contributed by atoms with Crippen molar-refractivity contribution in [2.75, 3.05) is 0 Å². The van der Waals surface area contributed by atoms with E-state index in [4.69, 9.17) is 0 Å². The first kappa shape index (κ1) is 12.7. The van der Waals surface area contributed by atoms with Gasteiger partial charge in [0.15, 0.2) is 0 Å². The summed E-state index contributed by atoms with van der Waals surface area (Å²) < 4.78 is 1.39. The minimum atomic E-state index is 0.249. The van der Waals surface area contributed by atoms with E-state index in [1.54, 1.807) is 0 Å². The summed E-state index contributed by atoms with van der Waals surface area (Å²) in [5, 5.41) is 2.13. The Balaban J connectivity index is 1.99. The number of thioether (sulfide) groups is 1. The van der Waals surface area contributed by atoms with Crippen molar-refractivity contribution in [3.8, 4) is 0 Å². The molecule has 2 aromatic rings. The summed E-state index contributed by atoms with van der Waals surface area (Å²) in [6.07, 6.45) is 0. The molecule has 0 radical (unpaired) electrons. The average Bonchev–Trinajstić information content (AvgIpc) is 2.78. The third-order valence-corrected chi connectivity index (χ3v) is 4.90. The van der Waals surface area contributed by atoms with Crippen LogP contribution in [0.3, 0.4) is 0 Å². The molecule has 2 heteroatoms. The van der Waals surface area contributed by atoms with Crippen molar-refractivity contribution in [3.63, 3.8) is 0 Å². The van der Waals surface area contributed by atoms with E-state index in [0.29, 0.717) is 0 Å². The fourth-order valence-electron chi connectivity index (χ4n) is 1.60. The van der Waals surface area contributed by atoms with Crippen molar-refractivity contribution in [2.45, 2.75) is 36.1 Å². The molecule has 1 heterocycles. The van der Waals surface area contributed by atoms with E-state index < -0.39 is 0 Å². The van der Waals surface area contributed by atoms with E-state index in [9.17, 15) is 0 Å². The van der Waals surface area contributed by atoms with Gasteiger partial charge in [-0.05, 0) is 28.0 Å². The summed E-state index contributed by atoms with van der Waals surface area (Å²) in [6.45, 7) is 6.76. The highest BCUT2D eigenvalue weighted by Gasteiger charge is 2.12. The van der Waals surface area contributed by atoms with E-state index in [0.717, 1.165) is 5.75 Å². The molecule has 1 aromatic carbocycles. The first-order valence-corrected chi connectivity index (χ1v) is 7.68. The molecule has 90 valence electrons. The van der Waals surface area contributed by atoms with Gasteiger partial charge in [-0.3, -0.25) is 0 Å². The third-order valence-electron chi connectivity index (χ3n) is 2.70. The lowest BCUT2D eigenvalue weighted by atomic mass is 9.87. The Bertz CT molecular complexity index is 447. The van der Waals surface area contributed by atoms with Crippen molar-refractivity contribution in [1.82, 2.24) is 0 Å². The maximum atomic E-state index is 2.25. The minimum Gasteiger partial charge on any atom is -0.137 e. The lowest BCUT2D eigenvalue weighted by Crippen LogP contribution is -2.10. The van der Waals surface area contributed by atoms with E-state index in [-0.39, 0.29) is 5.41 Å². The molecule has 0 unspecified atom stereocenters. The van der Waals surface area contributed by atoms with E-state index in [2.05, 4.69) is 62.5 Å². The van der Waals surface area contributed by atoms with Crippen molar-refractivity contribution in [3.05, 3.63) is 52.9 Å². The molecule has 0 amide bonds. The van der Waals surface area contributed by atoms with Gasteiger partial charge in [0.25, 0.3) is 0 Å². The highest BCUT2D eigenvalue weighted by Crippen LogP contribution is 2.28. The molecule has 2 rings (SSSR count). The number of thiophene rings is 1. The van der Waals surface area contributed by atoms with E-state index in [1.165, 1.54) is 15.3 Å². The van der Waals surface area contributed by atoms with Crippen LogP contribution in [-0.4, -0.2) is 0 Å². The quantitative estimate of drug-likeness (QED) is 0.673. The smallest absolute Gasteiger partial charge is 0.0601 e. The van der Waals surface area contributed by atoms with Crippen LogP contribution in [0.15, 0.2) is 46.0 Å². The number of benzene rings is 1. The predicted molar refractivity (Wildman–Crippen MR) is 79.0 cm³/mol. The van der Waals surface area contributed by atoms with Gasteiger partial charge in [0.05, 0.1) is 4.21 Å². The Hall–Kier alpha value is -0.730. The van der Waals surface area contributed by atoms with Crippen molar-refractivity contribution in [1.29, 1.82) is 0 Å². The lowest BCUT2D eigenvalue weighted by Gasteiger charge is -2.19. The van der Waals surface area contributed by atoms with Crippen LogP contribution in [0.4, 0.5) is 0 Å². The van der Waals surface area contributed by atoms with Gasteiger partial charge in [-0.15, -0.1) is 23.1 Å². The molecule has 0 nitrogen and oxygen atoms in total. The fourth-order valence-corrected chi connectivity index (χ4v) is 3.34. The van der Waals surface area contributed by atoms with Crippen molar-refractivity contribution in [2.24, 2.45) is 0 Å². The van der Waals surface area contributed by atoms with E-state index >= 15 is 0 Å². The second kappa shape index (κ2) is 5.28. The first-order valence-electron chi connectivity index (χ1n) is 5.81. The van der Waals surface area contributed by atoms with Crippen LogP contribution in [0.1, 0.15) is 31.9 Å². The van der Waals surface area contributed by atoms with Crippen molar-refractivity contribution < 1.29 is 0 Å². The lowest BCUT2D eigenvalue weighted by molar-refractivity contribution is 0.590. The van der Waals surface area contributed by atoms with Crippen LogP contribution in [0.2, 0.25) is 0 Å². The molecule has 0 aliphatic carbocycles. The normalized spacial score (nSPS) is 11.7. The second-order valence-electron chi connectivity index (χ2n) is 5.17. The zero-order valence-corrected chi connectivity index (χ0v) is 12.2. The Morgan fingerprint density at radius 1 is 1.06 bits per heavy atom. The topological polar surface area (TPSA) is 0 Å². The van der Waals surface area contributed by atoms with Gasteiger partial charge in [-0.25, -0.2) is 0 Å². The summed E-state index contributed by atoms with van der Waals surface area (Å²) in [4.78, 5) is 0. The molecule has 0 aliphatic heterocycles. The summed E-state index contributed by atoms with van der Waals surface area (Å²) >= 11 is 3.72. The molecular weight excluding hydrogens is 244 g/mol. The highest BCUT2D eigenvalue weighted by molar-refractivity contribution is 8.00. The Kier molecular flexibility index (Phi) is 3.95. The van der Waals surface area contributed by atoms with Gasteiger partial charge in [-0.1, -0.05) is 51.1 Å². The van der Waals surface area contributed by atoms with Crippen LogP contribution >= 0.6 is 23.1 Å². The zero-order chi connectivity index (χ0) is 12.3. The maximum Gasteiger partial charge on any atom is 0.0601 e. The van der Waals surface area contributed by atoms with Crippen LogP contribution in [-0.2, 0) is 11.2 Å². The van der Waals surface area contributed by atoms with Crippen LogP contribution in [0, 0.1) is 0 Å². The zero-order valence-electron chi connectivity index (χ0n) is 10.6. The molecule has 0 aliphatic rings. The van der Waals surface area contributed by atoms with Crippen molar-refractivity contribution >= 4 is 23.1 Å². The summed E-state index contributed by atoms with van der Waals surface area (Å²) in [7, 11) is 0. The predicted octanol–water partition coefficient (Wildman–Crippen LogP) is 5.34. The molecule has 0 atom stereocenters. The molecule has 0 bridgehead atoms. The monoisotopic (exact) mass is 262 g/mol.